The number of carboxylic acids is 1. The van der Waals surface area contributed by atoms with E-state index in [9.17, 15) is 29.4 Å². The van der Waals surface area contributed by atoms with Crippen LogP contribution in [0.15, 0.2) is 30.5 Å². The molecule has 0 saturated carbocycles. The predicted molar refractivity (Wildman–Crippen MR) is 143 cm³/mol. The number of thioether (sulfide) groups is 1. The van der Waals surface area contributed by atoms with Crippen LogP contribution in [0.4, 0.5) is 0 Å². The van der Waals surface area contributed by atoms with E-state index in [1.54, 1.807) is 24.9 Å². The predicted octanol–water partition coefficient (Wildman–Crippen LogP) is 0.368. The van der Waals surface area contributed by atoms with E-state index in [0.29, 0.717) is 24.2 Å². The number of amides is 3. The number of fused-ring (bicyclic) bond motifs is 1. The number of hydrogen-bond donors (Lipinski definition) is 7. The second-order valence-corrected chi connectivity index (χ2v) is 9.95. The zero-order valence-electron chi connectivity index (χ0n) is 21.3. The normalized spacial score (nSPS) is 15.3. The summed E-state index contributed by atoms with van der Waals surface area (Å²) in [5.41, 5.74) is 7.46. The van der Waals surface area contributed by atoms with Crippen LogP contribution in [0.1, 0.15) is 32.3 Å². The van der Waals surface area contributed by atoms with Crippen molar-refractivity contribution in [2.24, 2.45) is 11.7 Å². The van der Waals surface area contributed by atoms with E-state index in [2.05, 4.69) is 20.9 Å². The van der Waals surface area contributed by atoms with Crippen LogP contribution in [0.2, 0.25) is 0 Å². The third-order valence-corrected chi connectivity index (χ3v) is 6.94. The molecule has 12 heteroatoms. The van der Waals surface area contributed by atoms with Gasteiger partial charge in [0.2, 0.25) is 17.7 Å². The van der Waals surface area contributed by atoms with Gasteiger partial charge < -0.3 is 36.9 Å². The first-order valence-electron chi connectivity index (χ1n) is 12.2. The fourth-order valence-corrected chi connectivity index (χ4v) is 4.28. The highest BCUT2D eigenvalue weighted by Crippen LogP contribution is 2.19. The minimum atomic E-state index is -1.41. The lowest BCUT2D eigenvalue weighted by molar-refractivity contribution is -0.142. The Labute approximate surface area is 220 Å². The summed E-state index contributed by atoms with van der Waals surface area (Å²) in [6, 6.07) is 2.89. The molecule has 0 spiro atoms. The molecule has 5 unspecified atom stereocenters. The largest absolute Gasteiger partial charge is 0.480 e. The Morgan fingerprint density at radius 3 is 2.35 bits per heavy atom. The Kier molecular flexibility index (Phi) is 11.9. The number of carboxylic acid groups (broad SMARTS) is 1. The van der Waals surface area contributed by atoms with Gasteiger partial charge in [-0.2, -0.15) is 11.8 Å². The zero-order chi connectivity index (χ0) is 27.5. The van der Waals surface area contributed by atoms with Crippen LogP contribution in [0, 0.1) is 5.92 Å². The summed E-state index contributed by atoms with van der Waals surface area (Å²) in [5.74, 6) is -2.86. The van der Waals surface area contributed by atoms with E-state index in [0.717, 1.165) is 10.9 Å². The molecular weight excluding hydrogens is 498 g/mol. The minimum Gasteiger partial charge on any atom is -0.480 e. The summed E-state index contributed by atoms with van der Waals surface area (Å²) < 4.78 is 0. The van der Waals surface area contributed by atoms with Crippen molar-refractivity contribution in [3.8, 4) is 0 Å². The Bertz CT molecular complexity index is 1080. The maximum atomic E-state index is 13.0. The Balaban J connectivity index is 2.09. The van der Waals surface area contributed by atoms with E-state index >= 15 is 0 Å². The van der Waals surface area contributed by atoms with Crippen LogP contribution >= 0.6 is 11.8 Å². The number of nitrogens with one attached hydrogen (secondary N) is 4. The average Bonchev–Trinajstić information content (AvgIpc) is 3.30. The van der Waals surface area contributed by atoms with Crippen LogP contribution in [0.5, 0.6) is 0 Å². The van der Waals surface area contributed by atoms with Crippen molar-refractivity contribution in [2.45, 2.75) is 57.3 Å². The maximum absolute atomic E-state index is 13.0. The number of para-hydroxylation sites is 1. The number of carbonyl (C=O) groups excluding carboxylic acids is 3. The highest BCUT2D eigenvalue weighted by molar-refractivity contribution is 7.98. The van der Waals surface area contributed by atoms with Crippen LogP contribution < -0.4 is 21.7 Å². The molecule has 8 N–H and O–H groups in total. The number of aromatic nitrogens is 1. The van der Waals surface area contributed by atoms with Gasteiger partial charge in [-0.15, -0.1) is 0 Å². The van der Waals surface area contributed by atoms with Crippen molar-refractivity contribution in [3.05, 3.63) is 36.0 Å². The van der Waals surface area contributed by atoms with E-state index in [4.69, 9.17) is 5.73 Å². The van der Waals surface area contributed by atoms with Gasteiger partial charge >= 0.3 is 5.97 Å². The van der Waals surface area contributed by atoms with Gasteiger partial charge in [-0.05, 0) is 36.0 Å². The lowest BCUT2D eigenvalue weighted by atomic mass is 9.97. The summed E-state index contributed by atoms with van der Waals surface area (Å²) in [4.78, 5) is 53.4. The molecule has 1 aromatic carbocycles. The standard InChI is InChI=1S/C25H37N5O6S/c1-4-14(2)21(30-22(32)17(26)9-10-37-3)24(34)29-20(13-31)23(33)28-19(25(35)36)11-15-12-27-18-8-6-5-7-16(15)18/h5-8,12,14,17,19-21,27,31H,4,9-11,13,26H2,1-3H3,(H,28,33)(H,29,34)(H,30,32)(H,35,36). The summed E-state index contributed by atoms with van der Waals surface area (Å²) in [6.45, 7) is 2.86. The van der Waals surface area contributed by atoms with E-state index in [-0.39, 0.29) is 12.3 Å². The minimum absolute atomic E-state index is 0.00331. The topological polar surface area (TPSA) is 187 Å². The average molecular weight is 536 g/mol. The smallest absolute Gasteiger partial charge is 0.326 e. The molecule has 0 saturated heterocycles. The molecule has 1 heterocycles. The lowest BCUT2D eigenvalue weighted by Gasteiger charge is -2.27. The van der Waals surface area contributed by atoms with Crippen molar-refractivity contribution >= 4 is 46.4 Å². The fourth-order valence-electron chi connectivity index (χ4n) is 3.79. The molecule has 0 fully saturated rings. The molecule has 0 aliphatic carbocycles. The number of benzene rings is 1. The number of aromatic amines is 1. The fraction of sp³-hybridized carbons (Fsp3) is 0.520. The maximum Gasteiger partial charge on any atom is 0.326 e. The molecule has 0 bridgehead atoms. The first kappa shape index (κ1) is 30.1. The third kappa shape index (κ3) is 8.48. The van der Waals surface area contributed by atoms with Gasteiger partial charge in [0.05, 0.1) is 12.6 Å². The molecular formula is C25H37N5O6S. The van der Waals surface area contributed by atoms with E-state index < -0.39 is 54.5 Å². The second-order valence-electron chi connectivity index (χ2n) is 8.97. The number of nitrogens with two attached hydrogens (primary N) is 1. The van der Waals surface area contributed by atoms with Crippen LogP contribution in [-0.4, -0.2) is 81.7 Å². The number of hydrogen-bond acceptors (Lipinski definition) is 7. The highest BCUT2D eigenvalue weighted by Gasteiger charge is 2.32. The lowest BCUT2D eigenvalue weighted by Crippen LogP contribution is -2.59. The van der Waals surface area contributed by atoms with Crippen LogP contribution in [-0.2, 0) is 25.6 Å². The molecule has 3 amide bonds. The van der Waals surface area contributed by atoms with Gasteiger partial charge in [0.25, 0.3) is 0 Å². The number of aliphatic hydroxyl groups excluding tert-OH is 1. The number of H-pyrrole nitrogens is 1. The van der Waals surface area contributed by atoms with Crippen molar-refractivity contribution in [2.75, 3.05) is 18.6 Å². The zero-order valence-corrected chi connectivity index (χ0v) is 22.1. The molecule has 0 aliphatic rings. The third-order valence-electron chi connectivity index (χ3n) is 6.29. The van der Waals surface area contributed by atoms with Crippen LogP contribution in [0.25, 0.3) is 10.9 Å². The monoisotopic (exact) mass is 535 g/mol. The van der Waals surface area contributed by atoms with Gasteiger partial charge in [0.1, 0.15) is 18.1 Å². The van der Waals surface area contributed by atoms with Gasteiger partial charge in [0, 0.05) is 23.5 Å². The second kappa shape index (κ2) is 14.6. The van der Waals surface area contributed by atoms with E-state index in [1.165, 1.54) is 0 Å². The number of carbonyl (C=O) groups is 4. The molecule has 1 aromatic heterocycles. The van der Waals surface area contributed by atoms with Gasteiger partial charge in [-0.25, -0.2) is 4.79 Å². The first-order chi connectivity index (χ1) is 17.6. The highest BCUT2D eigenvalue weighted by atomic mass is 32.2. The SMILES string of the molecule is CCC(C)C(NC(=O)C(N)CCSC)C(=O)NC(CO)C(=O)NC(Cc1c[nH]c2ccccc12)C(=O)O. The molecule has 0 radical (unpaired) electrons. The number of aliphatic hydroxyl groups is 1. The first-order valence-corrected chi connectivity index (χ1v) is 13.6. The van der Waals surface area contributed by atoms with Gasteiger partial charge in [0.15, 0.2) is 0 Å². The van der Waals surface area contributed by atoms with Crippen molar-refractivity contribution in [1.82, 2.24) is 20.9 Å². The van der Waals surface area contributed by atoms with Gasteiger partial charge in [-0.1, -0.05) is 38.5 Å². The molecule has 11 nitrogen and oxygen atoms in total. The molecule has 2 rings (SSSR count). The van der Waals surface area contributed by atoms with E-state index in [1.807, 2.05) is 37.4 Å². The summed E-state index contributed by atoms with van der Waals surface area (Å²) in [5, 5.41) is 27.8. The van der Waals surface area contributed by atoms with Crippen molar-refractivity contribution in [1.29, 1.82) is 0 Å². The molecule has 204 valence electrons. The molecule has 0 aliphatic heterocycles. The van der Waals surface area contributed by atoms with Gasteiger partial charge in [-0.3, -0.25) is 14.4 Å². The quantitative estimate of drug-likeness (QED) is 0.170. The Morgan fingerprint density at radius 2 is 1.73 bits per heavy atom. The molecule has 37 heavy (non-hydrogen) atoms. The number of aliphatic carboxylic acids is 1. The summed E-state index contributed by atoms with van der Waals surface area (Å²) in [6.07, 6.45) is 4.57. The summed E-state index contributed by atoms with van der Waals surface area (Å²) >= 11 is 1.55. The Morgan fingerprint density at radius 1 is 1.05 bits per heavy atom. The van der Waals surface area contributed by atoms with Crippen molar-refractivity contribution < 1.29 is 29.4 Å². The van der Waals surface area contributed by atoms with Crippen molar-refractivity contribution in [3.63, 3.8) is 0 Å². The van der Waals surface area contributed by atoms with Crippen LogP contribution in [0.3, 0.4) is 0 Å². The summed E-state index contributed by atoms with van der Waals surface area (Å²) in [7, 11) is 0. The Hall–Kier alpha value is -3.09. The number of rotatable bonds is 15. The molecule has 2 aromatic rings. The molecule has 5 atom stereocenters.